The Morgan fingerprint density at radius 2 is 0.875 bits per heavy atom. The van der Waals surface area contributed by atoms with Gasteiger partial charge in [-0.25, -0.2) is 0 Å². The molecule has 120 valence electrons. The molecule has 0 fully saturated rings. The van der Waals surface area contributed by atoms with E-state index in [0.29, 0.717) is 11.5 Å². The fraction of sp³-hybridized carbons (Fsp3) is 0. The van der Waals surface area contributed by atoms with Crippen molar-refractivity contribution in [2.75, 3.05) is 0 Å². The molecule has 0 aliphatic carbocycles. The lowest BCUT2D eigenvalue weighted by atomic mass is 10.1. The normalized spacial score (nSPS) is 9.17. The predicted molar refractivity (Wildman–Crippen MR) is 100 cm³/mol. The molecule has 0 unspecified atom stereocenters. The average Bonchev–Trinajstić information content (AvgIpc) is 2.65. The molecule has 0 radical (unpaired) electrons. The van der Waals surface area contributed by atoms with Gasteiger partial charge in [0.15, 0.2) is 0 Å². The van der Waals surface area contributed by atoms with Crippen LogP contribution in [-0.2, 0) is 0 Å². The van der Waals surface area contributed by atoms with Crippen molar-refractivity contribution in [2.24, 2.45) is 0 Å². The Morgan fingerprint density at radius 3 is 1.38 bits per heavy atom. The topological polar surface area (TPSA) is 40.5 Å². The molecule has 0 saturated carbocycles. The Morgan fingerprint density at radius 1 is 0.417 bits per heavy atom. The van der Waals surface area contributed by atoms with Gasteiger partial charge in [0, 0.05) is 5.39 Å². The highest BCUT2D eigenvalue weighted by Gasteiger charge is 1.94. The van der Waals surface area contributed by atoms with Crippen molar-refractivity contribution >= 4 is 10.8 Å². The first-order valence-electron chi connectivity index (χ1n) is 7.68. The quantitative estimate of drug-likeness (QED) is 0.442. The van der Waals surface area contributed by atoms with Crippen LogP contribution in [0.4, 0.5) is 0 Å². The Bertz CT molecular complexity index is 796. The minimum Gasteiger partial charge on any atom is -0.508 e. The van der Waals surface area contributed by atoms with E-state index < -0.39 is 0 Å². The van der Waals surface area contributed by atoms with E-state index in [1.54, 1.807) is 30.3 Å². The van der Waals surface area contributed by atoms with Crippen LogP contribution in [-0.4, -0.2) is 10.2 Å². The third kappa shape index (κ3) is 5.85. The maximum Gasteiger partial charge on any atom is 0.123 e. The number of para-hydroxylation sites is 1. The Kier molecular flexibility index (Phi) is 6.91. The van der Waals surface area contributed by atoms with Crippen molar-refractivity contribution in [1.29, 1.82) is 0 Å². The van der Waals surface area contributed by atoms with E-state index in [-0.39, 0.29) is 0 Å². The van der Waals surface area contributed by atoms with E-state index in [1.807, 2.05) is 78.9 Å². The first kappa shape index (κ1) is 17.1. The molecule has 4 aromatic rings. The molecule has 0 aliphatic heterocycles. The van der Waals surface area contributed by atoms with Crippen LogP contribution in [0.15, 0.2) is 109 Å². The second-order valence-corrected chi connectivity index (χ2v) is 4.99. The summed E-state index contributed by atoms with van der Waals surface area (Å²) in [7, 11) is 0. The third-order valence-corrected chi connectivity index (χ3v) is 3.19. The molecule has 2 heteroatoms. The van der Waals surface area contributed by atoms with Crippen LogP contribution in [0.25, 0.3) is 10.8 Å². The van der Waals surface area contributed by atoms with E-state index in [0.717, 1.165) is 10.8 Å². The van der Waals surface area contributed by atoms with Crippen molar-refractivity contribution in [1.82, 2.24) is 0 Å². The monoisotopic (exact) mass is 316 g/mol. The number of phenols is 2. The van der Waals surface area contributed by atoms with Gasteiger partial charge in [-0.15, -0.1) is 0 Å². The molecule has 0 aliphatic rings. The summed E-state index contributed by atoms with van der Waals surface area (Å²) in [6, 6.07) is 34.0. The molecule has 0 heterocycles. The Labute approximate surface area is 142 Å². The zero-order valence-electron chi connectivity index (χ0n) is 13.3. The summed E-state index contributed by atoms with van der Waals surface area (Å²) in [5.41, 5.74) is 0. The molecule has 0 spiro atoms. The van der Waals surface area contributed by atoms with Gasteiger partial charge in [-0.1, -0.05) is 91.0 Å². The molecule has 0 amide bonds. The Hall–Kier alpha value is -3.26. The van der Waals surface area contributed by atoms with Crippen molar-refractivity contribution in [3.8, 4) is 11.5 Å². The molecule has 0 saturated heterocycles. The summed E-state index contributed by atoms with van der Waals surface area (Å²) < 4.78 is 0. The molecule has 0 aromatic heterocycles. The van der Waals surface area contributed by atoms with Gasteiger partial charge >= 0.3 is 0 Å². The summed E-state index contributed by atoms with van der Waals surface area (Å²) in [4.78, 5) is 0. The zero-order chi connectivity index (χ0) is 17.0. The first-order valence-corrected chi connectivity index (χ1v) is 7.68. The fourth-order valence-electron chi connectivity index (χ4n) is 2.02. The van der Waals surface area contributed by atoms with Gasteiger partial charge in [-0.3, -0.25) is 0 Å². The zero-order valence-corrected chi connectivity index (χ0v) is 13.3. The number of aromatic hydroxyl groups is 2. The fourth-order valence-corrected chi connectivity index (χ4v) is 2.02. The van der Waals surface area contributed by atoms with Gasteiger partial charge in [0.05, 0.1) is 0 Å². The summed E-state index contributed by atoms with van der Waals surface area (Å²) >= 11 is 0. The van der Waals surface area contributed by atoms with Crippen LogP contribution in [0.2, 0.25) is 0 Å². The molecule has 2 N–H and O–H groups in total. The first-order chi connectivity index (χ1) is 11.8. The van der Waals surface area contributed by atoms with Crippen LogP contribution in [0.1, 0.15) is 0 Å². The van der Waals surface area contributed by atoms with Crippen LogP contribution in [0.5, 0.6) is 11.5 Å². The smallest absolute Gasteiger partial charge is 0.123 e. The van der Waals surface area contributed by atoms with Gasteiger partial charge in [-0.05, 0) is 23.6 Å². The molecule has 2 nitrogen and oxygen atoms in total. The van der Waals surface area contributed by atoms with E-state index in [4.69, 9.17) is 5.11 Å². The summed E-state index contributed by atoms with van der Waals surface area (Å²) in [6.45, 7) is 0. The molecule has 4 rings (SSSR count). The maximum atomic E-state index is 9.37. The lowest BCUT2D eigenvalue weighted by Crippen LogP contribution is -1.70. The molecule has 4 aromatic carbocycles. The molecular weight excluding hydrogens is 296 g/mol. The number of hydrogen-bond donors (Lipinski definition) is 2. The van der Waals surface area contributed by atoms with Crippen molar-refractivity contribution in [3.63, 3.8) is 0 Å². The summed E-state index contributed by atoms with van der Waals surface area (Å²) in [5.74, 6) is 0.672. The summed E-state index contributed by atoms with van der Waals surface area (Å²) in [5, 5.41) is 20.0. The van der Waals surface area contributed by atoms with E-state index >= 15 is 0 Å². The van der Waals surface area contributed by atoms with E-state index in [9.17, 15) is 5.11 Å². The van der Waals surface area contributed by atoms with Crippen molar-refractivity contribution in [2.45, 2.75) is 0 Å². The van der Waals surface area contributed by atoms with Gasteiger partial charge in [-0.2, -0.15) is 0 Å². The van der Waals surface area contributed by atoms with Crippen LogP contribution >= 0.6 is 0 Å². The van der Waals surface area contributed by atoms with E-state index in [2.05, 4.69) is 0 Å². The van der Waals surface area contributed by atoms with Gasteiger partial charge in [0.1, 0.15) is 11.5 Å². The van der Waals surface area contributed by atoms with Gasteiger partial charge in [0.25, 0.3) is 0 Å². The number of hydrogen-bond acceptors (Lipinski definition) is 2. The second kappa shape index (κ2) is 9.70. The van der Waals surface area contributed by atoms with Crippen molar-refractivity contribution < 1.29 is 10.2 Å². The van der Waals surface area contributed by atoms with Gasteiger partial charge in [0.2, 0.25) is 0 Å². The summed E-state index contributed by atoms with van der Waals surface area (Å²) in [6.07, 6.45) is 0. The lowest BCUT2D eigenvalue weighted by molar-refractivity contribution is 0.475. The largest absolute Gasteiger partial charge is 0.508 e. The molecule has 0 bridgehead atoms. The maximum absolute atomic E-state index is 9.37. The van der Waals surface area contributed by atoms with Crippen LogP contribution in [0, 0.1) is 0 Å². The number of benzene rings is 4. The van der Waals surface area contributed by atoms with Gasteiger partial charge < -0.3 is 10.2 Å². The minimum absolute atomic E-state index is 0.322. The lowest BCUT2D eigenvalue weighted by Gasteiger charge is -1.97. The predicted octanol–water partition coefficient (Wildman–Crippen LogP) is 5.62. The van der Waals surface area contributed by atoms with E-state index in [1.165, 1.54) is 0 Å². The van der Waals surface area contributed by atoms with Crippen LogP contribution in [0.3, 0.4) is 0 Å². The number of rotatable bonds is 0. The highest BCUT2D eigenvalue weighted by atomic mass is 16.3. The Balaban J connectivity index is 0.000000139. The third-order valence-electron chi connectivity index (χ3n) is 3.19. The highest BCUT2D eigenvalue weighted by Crippen LogP contribution is 2.22. The molecule has 24 heavy (non-hydrogen) atoms. The average molecular weight is 316 g/mol. The number of fused-ring (bicyclic) bond motifs is 1. The highest BCUT2D eigenvalue weighted by molar-refractivity contribution is 5.87. The number of phenolic OH excluding ortho intramolecular Hbond substituents is 2. The van der Waals surface area contributed by atoms with Crippen LogP contribution < -0.4 is 0 Å². The molecule has 0 atom stereocenters. The molecular formula is C22H20O2. The van der Waals surface area contributed by atoms with Crippen molar-refractivity contribution in [3.05, 3.63) is 109 Å². The minimum atomic E-state index is 0.322. The second-order valence-electron chi connectivity index (χ2n) is 4.99. The standard InChI is InChI=1S/C10H8O.C6H6O.C6H6/c11-10-7-3-5-8-4-1-2-6-9(8)10;7-6-4-2-1-3-5-6;1-2-4-6-5-3-1/h1-7,11H;1-5,7H;1-6H. The SMILES string of the molecule is Oc1cccc2ccccc12.Oc1ccccc1.c1ccccc1.